The molecule has 0 aromatic carbocycles. The number of rotatable bonds is 2. The third-order valence-electron chi connectivity index (χ3n) is 3.84. The van der Waals surface area contributed by atoms with Gasteiger partial charge in [-0.25, -0.2) is 9.78 Å². The molecular formula is C13H16N2O3. The van der Waals surface area contributed by atoms with E-state index in [0.29, 0.717) is 5.88 Å². The van der Waals surface area contributed by atoms with E-state index in [1.165, 1.54) is 0 Å². The van der Waals surface area contributed by atoms with Gasteiger partial charge in [-0.05, 0) is 18.9 Å². The first kappa shape index (κ1) is 11.3. The van der Waals surface area contributed by atoms with Crippen molar-refractivity contribution in [1.82, 2.24) is 9.88 Å². The minimum atomic E-state index is -0.793. The molecule has 1 unspecified atom stereocenters. The van der Waals surface area contributed by atoms with Crippen molar-refractivity contribution in [3.05, 3.63) is 24.4 Å². The molecule has 2 saturated heterocycles. The molecule has 0 aliphatic carbocycles. The maximum absolute atomic E-state index is 11.2. The number of carbonyl (C=O) groups is 1. The molecule has 1 N–H and O–H groups in total. The SMILES string of the molecule is O=C(O)N1[C@@H]2CC[C@H]1CC(Oc1ccccn1)C2. The van der Waals surface area contributed by atoms with E-state index in [1.807, 2.05) is 18.2 Å². The van der Waals surface area contributed by atoms with E-state index in [4.69, 9.17) is 9.84 Å². The fourth-order valence-corrected chi connectivity index (χ4v) is 3.12. The summed E-state index contributed by atoms with van der Waals surface area (Å²) in [5.74, 6) is 0.630. The highest BCUT2D eigenvalue weighted by atomic mass is 16.5. The Morgan fingerprint density at radius 2 is 2.06 bits per heavy atom. The van der Waals surface area contributed by atoms with Crippen LogP contribution < -0.4 is 4.74 Å². The first-order valence-corrected chi connectivity index (χ1v) is 6.33. The van der Waals surface area contributed by atoms with E-state index in [1.54, 1.807) is 11.1 Å². The van der Waals surface area contributed by atoms with E-state index >= 15 is 0 Å². The lowest BCUT2D eigenvalue weighted by atomic mass is 10.0. The van der Waals surface area contributed by atoms with Gasteiger partial charge in [0.05, 0.1) is 0 Å². The summed E-state index contributed by atoms with van der Waals surface area (Å²) in [5.41, 5.74) is 0. The van der Waals surface area contributed by atoms with E-state index in [9.17, 15) is 4.79 Å². The molecule has 1 aromatic rings. The minimum Gasteiger partial charge on any atom is -0.474 e. The summed E-state index contributed by atoms with van der Waals surface area (Å²) in [7, 11) is 0. The molecular weight excluding hydrogens is 232 g/mol. The van der Waals surface area contributed by atoms with Crippen LogP contribution in [0.1, 0.15) is 25.7 Å². The molecule has 0 radical (unpaired) electrons. The van der Waals surface area contributed by atoms with E-state index in [2.05, 4.69) is 4.98 Å². The molecule has 0 spiro atoms. The van der Waals surface area contributed by atoms with Crippen LogP contribution in [0.3, 0.4) is 0 Å². The third kappa shape index (κ3) is 2.00. The third-order valence-corrected chi connectivity index (χ3v) is 3.84. The molecule has 2 bridgehead atoms. The molecule has 5 nitrogen and oxygen atoms in total. The second-order valence-electron chi connectivity index (χ2n) is 4.95. The normalized spacial score (nSPS) is 30.2. The number of hydrogen-bond donors (Lipinski definition) is 1. The molecule has 1 aromatic heterocycles. The zero-order chi connectivity index (χ0) is 12.5. The molecule has 2 aliphatic rings. The largest absolute Gasteiger partial charge is 0.474 e. The summed E-state index contributed by atoms with van der Waals surface area (Å²) >= 11 is 0. The molecule has 3 rings (SSSR count). The Morgan fingerprint density at radius 3 is 2.61 bits per heavy atom. The van der Waals surface area contributed by atoms with Gasteiger partial charge < -0.3 is 14.7 Å². The zero-order valence-corrected chi connectivity index (χ0v) is 10.0. The maximum Gasteiger partial charge on any atom is 0.407 e. The first-order valence-electron chi connectivity index (χ1n) is 6.33. The van der Waals surface area contributed by atoms with E-state index in [0.717, 1.165) is 25.7 Å². The predicted molar refractivity (Wildman–Crippen MR) is 64.6 cm³/mol. The summed E-state index contributed by atoms with van der Waals surface area (Å²) in [6, 6.07) is 5.82. The van der Waals surface area contributed by atoms with Gasteiger partial charge in [0.1, 0.15) is 6.10 Å². The first-order chi connectivity index (χ1) is 8.74. The molecule has 3 heterocycles. The van der Waals surface area contributed by atoms with Crippen LogP contribution in [0.4, 0.5) is 4.79 Å². The van der Waals surface area contributed by atoms with Crippen LogP contribution in [-0.4, -0.2) is 39.3 Å². The van der Waals surface area contributed by atoms with Gasteiger partial charge in [0, 0.05) is 37.2 Å². The minimum absolute atomic E-state index is 0.0907. The summed E-state index contributed by atoms with van der Waals surface area (Å²) in [6.45, 7) is 0. The Labute approximate surface area is 105 Å². The van der Waals surface area contributed by atoms with Gasteiger partial charge in [-0.15, -0.1) is 0 Å². The number of nitrogens with zero attached hydrogens (tertiary/aromatic N) is 2. The van der Waals surface area contributed by atoms with Gasteiger partial charge in [0.2, 0.25) is 5.88 Å². The van der Waals surface area contributed by atoms with Crippen molar-refractivity contribution in [3.8, 4) is 5.88 Å². The van der Waals surface area contributed by atoms with Gasteiger partial charge in [-0.2, -0.15) is 0 Å². The number of piperidine rings is 1. The lowest BCUT2D eigenvalue weighted by Crippen LogP contribution is -2.48. The zero-order valence-electron chi connectivity index (χ0n) is 10.0. The Kier molecular flexibility index (Phi) is 2.81. The Bertz CT molecular complexity index is 423. The Balaban J connectivity index is 1.67. The quantitative estimate of drug-likeness (QED) is 0.871. The molecule has 2 fully saturated rings. The van der Waals surface area contributed by atoms with Crippen LogP contribution in [0.25, 0.3) is 0 Å². The van der Waals surface area contributed by atoms with Gasteiger partial charge in [0.15, 0.2) is 0 Å². The fourth-order valence-electron chi connectivity index (χ4n) is 3.12. The second kappa shape index (κ2) is 4.48. The van der Waals surface area contributed by atoms with Crippen LogP contribution in [0, 0.1) is 0 Å². The van der Waals surface area contributed by atoms with Crippen LogP contribution in [0.2, 0.25) is 0 Å². The van der Waals surface area contributed by atoms with Gasteiger partial charge in [0.25, 0.3) is 0 Å². The number of hydrogen-bond acceptors (Lipinski definition) is 3. The molecule has 18 heavy (non-hydrogen) atoms. The number of pyridine rings is 1. The maximum atomic E-state index is 11.2. The summed E-state index contributed by atoms with van der Waals surface area (Å²) in [6.07, 6.45) is 4.47. The number of fused-ring (bicyclic) bond motifs is 2. The van der Waals surface area contributed by atoms with Crippen LogP contribution >= 0.6 is 0 Å². The summed E-state index contributed by atoms with van der Waals surface area (Å²) < 4.78 is 5.83. The lowest BCUT2D eigenvalue weighted by Gasteiger charge is -2.36. The topological polar surface area (TPSA) is 62.7 Å². The Morgan fingerprint density at radius 1 is 1.33 bits per heavy atom. The summed E-state index contributed by atoms with van der Waals surface area (Å²) in [5, 5.41) is 9.17. The van der Waals surface area contributed by atoms with Crippen molar-refractivity contribution in [2.24, 2.45) is 0 Å². The Hall–Kier alpha value is -1.78. The monoisotopic (exact) mass is 248 g/mol. The average Bonchev–Trinajstić information content (AvgIpc) is 2.63. The van der Waals surface area contributed by atoms with Crippen molar-refractivity contribution in [1.29, 1.82) is 0 Å². The van der Waals surface area contributed by atoms with Crippen LogP contribution in [0.5, 0.6) is 5.88 Å². The van der Waals surface area contributed by atoms with Gasteiger partial charge in [-0.3, -0.25) is 0 Å². The van der Waals surface area contributed by atoms with Crippen LogP contribution in [-0.2, 0) is 0 Å². The van der Waals surface area contributed by atoms with Crippen molar-refractivity contribution in [2.75, 3.05) is 0 Å². The highest BCUT2D eigenvalue weighted by Gasteiger charge is 2.44. The number of amides is 1. The second-order valence-corrected chi connectivity index (χ2v) is 4.95. The van der Waals surface area contributed by atoms with Crippen molar-refractivity contribution < 1.29 is 14.6 Å². The molecule has 96 valence electrons. The van der Waals surface area contributed by atoms with E-state index in [-0.39, 0.29) is 18.2 Å². The van der Waals surface area contributed by atoms with Crippen molar-refractivity contribution in [2.45, 2.75) is 43.9 Å². The fraction of sp³-hybridized carbons (Fsp3) is 0.538. The summed E-state index contributed by atoms with van der Waals surface area (Å²) in [4.78, 5) is 16.9. The molecule has 3 atom stereocenters. The highest BCUT2D eigenvalue weighted by molar-refractivity contribution is 5.66. The molecule has 0 saturated carbocycles. The van der Waals surface area contributed by atoms with Crippen molar-refractivity contribution in [3.63, 3.8) is 0 Å². The molecule has 2 aliphatic heterocycles. The standard InChI is InChI=1S/C13H16N2O3/c16-13(17)15-9-4-5-10(15)8-11(7-9)18-12-3-1-2-6-14-12/h1-3,6,9-11H,4-5,7-8H2,(H,16,17)/t9-,10+,11?. The predicted octanol–water partition coefficient (Wildman–Crippen LogP) is 2.13. The van der Waals surface area contributed by atoms with Crippen molar-refractivity contribution >= 4 is 6.09 Å². The number of aromatic nitrogens is 1. The molecule has 5 heteroatoms. The van der Waals surface area contributed by atoms with E-state index < -0.39 is 6.09 Å². The molecule has 1 amide bonds. The average molecular weight is 248 g/mol. The number of ether oxygens (including phenoxy) is 1. The lowest BCUT2D eigenvalue weighted by molar-refractivity contribution is 0.0477. The van der Waals surface area contributed by atoms with Gasteiger partial charge >= 0.3 is 6.09 Å². The number of carboxylic acid groups (broad SMARTS) is 1. The van der Waals surface area contributed by atoms with Crippen LogP contribution in [0.15, 0.2) is 24.4 Å². The highest BCUT2D eigenvalue weighted by Crippen LogP contribution is 2.36. The van der Waals surface area contributed by atoms with Gasteiger partial charge in [-0.1, -0.05) is 6.07 Å². The smallest absolute Gasteiger partial charge is 0.407 e.